The maximum absolute atomic E-state index is 13.7. The van der Waals surface area contributed by atoms with Crippen LogP contribution < -0.4 is 5.32 Å². The highest BCUT2D eigenvalue weighted by Gasteiger charge is 2.20. The second-order valence-electron chi connectivity index (χ2n) is 6.16. The zero-order chi connectivity index (χ0) is 18.6. The van der Waals surface area contributed by atoms with Gasteiger partial charge in [-0.3, -0.25) is 9.69 Å². The van der Waals surface area contributed by atoms with Crippen LogP contribution in [0.1, 0.15) is 22.8 Å². The summed E-state index contributed by atoms with van der Waals surface area (Å²) in [5.74, 6) is -1.87. The highest BCUT2D eigenvalue weighted by atomic mass is 19.1. The normalized spacial score (nSPS) is 12.3. The monoisotopic (exact) mass is 348 g/mol. The first-order chi connectivity index (χ1) is 11.8. The third kappa shape index (κ3) is 4.84. The van der Waals surface area contributed by atoms with Crippen molar-refractivity contribution < 1.29 is 18.7 Å². The topological polar surface area (TPSA) is 52.6 Å². The molecule has 6 heteroatoms. The van der Waals surface area contributed by atoms with Gasteiger partial charge >= 0.3 is 0 Å². The van der Waals surface area contributed by atoms with Crippen LogP contribution in [0.4, 0.5) is 14.5 Å². The first kappa shape index (κ1) is 19.0. The molecule has 1 atom stereocenters. The van der Waals surface area contributed by atoms with Crippen molar-refractivity contribution in [2.75, 3.05) is 25.5 Å². The van der Waals surface area contributed by atoms with Crippen molar-refractivity contribution in [3.63, 3.8) is 0 Å². The Bertz CT molecular complexity index is 725. The molecule has 0 spiro atoms. The van der Waals surface area contributed by atoms with E-state index >= 15 is 0 Å². The van der Waals surface area contributed by atoms with Gasteiger partial charge in [0, 0.05) is 12.2 Å². The minimum atomic E-state index is -1.36. The zero-order valence-corrected chi connectivity index (χ0v) is 14.5. The number of nitrogens with one attached hydrogen (secondary N) is 1. The van der Waals surface area contributed by atoms with Crippen molar-refractivity contribution in [1.82, 2.24) is 4.90 Å². The van der Waals surface area contributed by atoms with Gasteiger partial charge in [-0.1, -0.05) is 24.3 Å². The van der Waals surface area contributed by atoms with Crippen LogP contribution in [0.3, 0.4) is 0 Å². The SMILES string of the molecule is Cc1cccc(C)c1NC(=O)CN(C)CC(O)c1c(F)cccc1F. The summed E-state index contributed by atoms with van der Waals surface area (Å²) in [5, 5.41) is 12.9. The van der Waals surface area contributed by atoms with Crippen LogP contribution in [0.25, 0.3) is 0 Å². The van der Waals surface area contributed by atoms with Gasteiger partial charge < -0.3 is 10.4 Å². The maximum Gasteiger partial charge on any atom is 0.238 e. The van der Waals surface area contributed by atoms with E-state index in [1.165, 1.54) is 11.0 Å². The van der Waals surface area contributed by atoms with Gasteiger partial charge in [-0.15, -0.1) is 0 Å². The second-order valence-corrected chi connectivity index (χ2v) is 6.16. The molecule has 2 aromatic carbocycles. The van der Waals surface area contributed by atoms with Gasteiger partial charge in [0.1, 0.15) is 11.6 Å². The Labute approximate surface area is 146 Å². The Kier molecular flexibility index (Phi) is 6.22. The van der Waals surface area contributed by atoms with E-state index in [4.69, 9.17) is 0 Å². The van der Waals surface area contributed by atoms with Crippen LogP contribution in [0, 0.1) is 25.5 Å². The van der Waals surface area contributed by atoms with E-state index in [1.807, 2.05) is 32.0 Å². The highest BCUT2D eigenvalue weighted by molar-refractivity contribution is 5.93. The molecule has 0 aliphatic carbocycles. The van der Waals surface area contributed by atoms with E-state index in [0.717, 1.165) is 28.9 Å². The molecule has 1 unspecified atom stereocenters. The number of aliphatic hydroxyl groups is 1. The first-order valence-electron chi connectivity index (χ1n) is 7.96. The lowest BCUT2D eigenvalue weighted by atomic mass is 10.1. The quantitative estimate of drug-likeness (QED) is 0.843. The average Bonchev–Trinajstić information content (AvgIpc) is 2.50. The second kappa shape index (κ2) is 8.18. The highest BCUT2D eigenvalue weighted by Crippen LogP contribution is 2.22. The number of halogens is 2. The lowest BCUT2D eigenvalue weighted by molar-refractivity contribution is -0.117. The Hall–Kier alpha value is -2.31. The fourth-order valence-corrected chi connectivity index (χ4v) is 2.72. The fourth-order valence-electron chi connectivity index (χ4n) is 2.72. The third-order valence-electron chi connectivity index (χ3n) is 3.98. The number of anilines is 1. The van der Waals surface area contributed by atoms with E-state index in [1.54, 1.807) is 7.05 Å². The van der Waals surface area contributed by atoms with Gasteiger partial charge in [0.05, 0.1) is 18.2 Å². The number of aliphatic hydroxyl groups excluding tert-OH is 1. The number of carbonyl (C=O) groups excluding carboxylic acids is 1. The van der Waals surface area contributed by atoms with Crippen molar-refractivity contribution in [1.29, 1.82) is 0 Å². The Morgan fingerprint density at radius 2 is 1.64 bits per heavy atom. The molecule has 25 heavy (non-hydrogen) atoms. The molecule has 2 aromatic rings. The minimum absolute atomic E-state index is 0.0130. The predicted octanol–water partition coefficient (Wildman–Crippen LogP) is 3.19. The summed E-state index contributed by atoms with van der Waals surface area (Å²) in [6, 6.07) is 9.13. The molecule has 0 saturated carbocycles. The molecule has 1 amide bonds. The van der Waals surface area contributed by atoms with Gasteiger partial charge in [0.2, 0.25) is 5.91 Å². The van der Waals surface area contributed by atoms with Crippen molar-refractivity contribution in [2.24, 2.45) is 0 Å². The lowest BCUT2D eigenvalue weighted by Gasteiger charge is -2.21. The van der Waals surface area contributed by atoms with Crippen LogP contribution in [0.2, 0.25) is 0 Å². The summed E-state index contributed by atoms with van der Waals surface area (Å²) < 4.78 is 27.4. The van der Waals surface area contributed by atoms with Crippen LogP contribution in [0.15, 0.2) is 36.4 Å². The third-order valence-corrected chi connectivity index (χ3v) is 3.98. The van der Waals surface area contributed by atoms with Gasteiger partial charge in [-0.2, -0.15) is 0 Å². The van der Waals surface area contributed by atoms with Crippen molar-refractivity contribution >= 4 is 11.6 Å². The number of aryl methyl sites for hydroxylation is 2. The molecule has 4 nitrogen and oxygen atoms in total. The Balaban J connectivity index is 1.98. The van der Waals surface area contributed by atoms with Gasteiger partial charge in [0.25, 0.3) is 0 Å². The van der Waals surface area contributed by atoms with E-state index in [-0.39, 0.29) is 24.6 Å². The summed E-state index contributed by atoms with van der Waals surface area (Å²) in [6.07, 6.45) is -1.36. The molecule has 0 aromatic heterocycles. The summed E-state index contributed by atoms with van der Waals surface area (Å²) in [4.78, 5) is 13.7. The molecule has 2 rings (SSSR count). The molecule has 0 aliphatic heterocycles. The molecule has 0 radical (unpaired) electrons. The smallest absolute Gasteiger partial charge is 0.238 e. The lowest BCUT2D eigenvalue weighted by Crippen LogP contribution is -2.33. The number of amides is 1. The molecule has 2 N–H and O–H groups in total. The van der Waals surface area contributed by atoms with Gasteiger partial charge in [-0.05, 0) is 44.2 Å². The zero-order valence-electron chi connectivity index (χ0n) is 14.5. The Morgan fingerprint density at radius 1 is 1.12 bits per heavy atom. The van der Waals surface area contributed by atoms with E-state index in [2.05, 4.69) is 5.32 Å². The number of benzene rings is 2. The van der Waals surface area contributed by atoms with Crippen LogP contribution in [0.5, 0.6) is 0 Å². The molecule has 0 fully saturated rings. The number of para-hydroxylation sites is 1. The largest absolute Gasteiger partial charge is 0.387 e. The molecular formula is C19H22F2N2O2. The summed E-state index contributed by atoms with van der Waals surface area (Å²) in [5.41, 5.74) is 2.26. The van der Waals surface area contributed by atoms with E-state index in [9.17, 15) is 18.7 Å². The first-order valence-corrected chi connectivity index (χ1v) is 7.96. The summed E-state index contributed by atoms with van der Waals surface area (Å²) in [7, 11) is 1.60. The molecule has 0 bridgehead atoms. The molecule has 134 valence electrons. The number of nitrogens with zero attached hydrogens (tertiary/aromatic N) is 1. The maximum atomic E-state index is 13.7. The summed E-state index contributed by atoms with van der Waals surface area (Å²) >= 11 is 0. The van der Waals surface area contributed by atoms with E-state index in [0.29, 0.717) is 0 Å². The van der Waals surface area contributed by atoms with Crippen molar-refractivity contribution in [3.05, 3.63) is 64.7 Å². The number of hydrogen-bond donors (Lipinski definition) is 2. The standard InChI is InChI=1S/C19H22F2N2O2/c1-12-6-4-7-13(2)19(12)22-17(25)11-23(3)10-16(24)18-14(20)8-5-9-15(18)21/h4-9,16,24H,10-11H2,1-3H3,(H,22,25). The Morgan fingerprint density at radius 3 is 2.20 bits per heavy atom. The average molecular weight is 348 g/mol. The molecular weight excluding hydrogens is 326 g/mol. The van der Waals surface area contributed by atoms with Crippen LogP contribution in [-0.4, -0.2) is 36.1 Å². The number of hydrogen-bond acceptors (Lipinski definition) is 3. The van der Waals surface area contributed by atoms with E-state index < -0.39 is 17.7 Å². The van der Waals surface area contributed by atoms with Crippen LogP contribution >= 0.6 is 0 Å². The fraction of sp³-hybridized carbons (Fsp3) is 0.316. The number of likely N-dealkylation sites (N-methyl/N-ethyl adjacent to an activating group) is 1. The van der Waals surface area contributed by atoms with Gasteiger partial charge in [-0.25, -0.2) is 8.78 Å². The van der Waals surface area contributed by atoms with Crippen molar-refractivity contribution in [3.8, 4) is 0 Å². The van der Waals surface area contributed by atoms with Gasteiger partial charge in [0.15, 0.2) is 0 Å². The number of rotatable bonds is 6. The van der Waals surface area contributed by atoms with Crippen LogP contribution in [-0.2, 0) is 4.79 Å². The molecule has 0 aliphatic rings. The molecule has 0 heterocycles. The summed E-state index contributed by atoms with van der Waals surface area (Å²) in [6.45, 7) is 3.72. The van der Waals surface area contributed by atoms with Crippen molar-refractivity contribution in [2.45, 2.75) is 20.0 Å². The number of carbonyl (C=O) groups is 1. The minimum Gasteiger partial charge on any atom is -0.387 e. The predicted molar refractivity (Wildman–Crippen MR) is 93.4 cm³/mol. The molecule has 0 saturated heterocycles.